The molecule has 3 rings (SSSR count). The fraction of sp³-hybridized carbons (Fsp3) is 0.0588. The van der Waals surface area contributed by atoms with Crippen LogP contribution < -0.4 is 10.6 Å². The number of halogens is 3. The maximum atomic E-state index is 13.4. The number of hydrogen-bond acceptors (Lipinski definition) is 5. The van der Waals surface area contributed by atoms with E-state index in [2.05, 4.69) is 20.6 Å². The minimum absolute atomic E-state index is 0.0916. The van der Waals surface area contributed by atoms with Crippen LogP contribution in [0.25, 0.3) is 0 Å². The SMILES string of the molecule is O=C(Nc1ccc(NC(=O)c2cnccn2)c(C(F)(F)F)c1)c1ccoc1. The van der Waals surface area contributed by atoms with Crippen molar-refractivity contribution in [3.05, 3.63) is 72.2 Å². The molecule has 0 saturated carbocycles. The van der Waals surface area contributed by atoms with Crippen LogP contribution >= 0.6 is 0 Å². The number of anilines is 2. The molecule has 0 atom stereocenters. The smallest absolute Gasteiger partial charge is 0.418 e. The highest BCUT2D eigenvalue weighted by Crippen LogP contribution is 2.36. The maximum absolute atomic E-state index is 13.4. The van der Waals surface area contributed by atoms with E-state index >= 15 is 0 Å². The summed E-state index contributed by atoms with van der Waals surface area (Å²) in [5, 5.41) is 4.49. The summed E-state index contributed by atoms with van der Waals surface area (Å²) in [6, 6.07) is 4.38. The van der Waals surface area contributed by atoms with Crippen molar-refractivity contribution in [1.82, 2.24) is 9.97 Å². The van der Waals surface area contributed by atoms with Gasteiger partial charge in [0.15, 0.2) is 0 Å². The molecule has 0 saturated heterocycles. The van der Waals surface area contributed by atoms with Gasteiger partial charge in [0.1, 0.15) is 12.0 Å². The summed E-state index contributed by atoms with van der Waals surface area (Å²) in [6.07, 6.45) is 1.36. The Labute approximate surface area is 150 Å². The van der Waals surface area contributed by atoms with Crippen LogP contribution in [0.5, 0.6) is 0 Å². The van der Waals surface area contributed by atoms with Gasteiger partial charge in [0.2, 0.25) is 0 Å². The van der Waals surface area contributed by atoms with Crippen LogP contribution in [0.15, 0.2) is 59.8 Å². The molecular weight excluding hydrogens is 365 g/mol. The van der Waals surface area contributed by atoms with Gasteiger partial charge in [-0.1, -0.05) is 0 Å². The molecule has 7 nitrogen and oxygen atoms in total. The van der Waals surface area contributed by atoms with Gasteiger partial charge in [-0.05, 0) is 24.3 Å². The van der Waals surface area contributed by atoms with Crippen LogP contribution in [-0.4, -0.2) is 21.8 Å². The normalized spacial score (nSPS) is 11.1. The zero-order valence-electron chi connectivity index (χ0n) is 13.4. The van der Waals surface area contributed by atoms with E-state index in [0.29, 0.717) is 0 Å². The number of hydrogen-bond donors (Lipinski definition) is 2. The topological polar surface area (TPSA) is 97.1 Å². The predicted octanol–water partition coefficient (Wildman–Crippen LogP) is 3.59. The number of furan rings is 1. The van der Waals surface area contributed by atoms with E-state index in [4.69, 9.17) is 4.42 Å². The van der Waals surface area contributed by atoms with Crippen LogP contribution in [0.3, 0.4) is 0 Å². The van der Waals surface area contributed by atoms with Crippen molar-refractivity contribution in [1.29, 1.82) is 0 Å². The lowest BCUT2D eigenvalue weighted by atomic mass is 10.1. The van der Waals surface area contributed by atoms with Gasteiger partial charge >= 0.3 is 6.18 Å². The van der Waals surface area contributed by atoms with Crippen molar-refractivity contribution in [2.45, 2.75) is 6.18 Å². The van der Waals surface area contributed by atoms with Gasteiger partial charge in [-0.15, -0.1) is 0 Å². The predicted molar refractivity (Wildman–Crippen MR) is 88.1 cm³/mol. The minimum atomic E-state index is -4.76. The highest BCUT2D eigenvalue weighted by molar-refractivity contribution is 6.05. The highest BCUT2D eigenvalue weighted by Gasteiger charge is 2.34. The van der Waals surface area contributed by atoms with Gasteiger partial charge in [0.25, 0.3) is 11.8 Å². The summed E-state index contributed by atoms with van der Waals surface area (Å²) in [5.74, 6) is -1.47. The van der Waals surface area contributed by atoms with Crippen LogP contribution in [0.2, 0.25) is 0 Å². The molecule has 1 aromatic carbocycles. The first-order valence-electron chi connectivity index (χ1n) is 7.47. The number of carbonyl (C=O) groups excluding carboxylic acids is 2. The molecule has 2 aromatic heterocycles. The molecule has 0 aliphatic rings. The quantitative estimate of drug-likeness (QED) is 0.725. The molecule has 2 amide bonds. The molecule has 0 fully saturated rings. The van der Waals surface area contributed by atoms with Crippen LogP contribution in [0, 0.1) is 0 Å². The first-order valence-corrected chi connectivity index (χ1v) is 7.47. The van der Waals surface area contributed by atoms with Crippen molar-refractivity contribution >= 4 is 23.2 Å². The van der Waals surface area contributed by atoms with Crippen molar-refractivity contribution < 1.29 is 27.2 Å². The number of benzene rings is 1. The Bertz CT molecular complexity index is 957. The molecule has 0 unspecified atom stereocenters. The van der Waals surface area contributed by atoms with E-state index in [-0.39, 0.29) is 16.9 Å². The second-order valence-corrected chi connectivity index (χ2v) is 5.27. The minimum Gasteiger partial charge on any atom is -0.472 e. The average Bonchev–Trinajstić information content (AvgIpc) is 3.17. The molecule has 0 radical (unpaired) electrons. The number of rotatable bonds is 4. The summed E-state index contributed by atoms with van der Waals surface area (Å²) >= 11 is 0. The number of nitrogens with one attached hydrogen (secondary N) is 2. The number of alkyl halides is 3. The first-order chi connectivity index (χ1) is 12.8. The molecule has 27 heavy (non-hydrogen) atoms. The van der Waals surface area contributed by atoms with Gasteiger partial charge in [0.05, 0.1) is 29.3 Å². The Morgan fingerprint density at radius 1 is 1.04 bits per heavy atom. The van der Waals surface area contributed by atoms with Crippen LogP contribution in [0.1, 0.15) is 26.4 Å². The summed E-state index contributed by atoms with van der Waals surface area (Å²) in [5.41, 5.74) is -1.67. The molecule has 2 heterocycles. The third-order valence-electron chi connectivity index (χ3n) is 3.41. The lowest BCUT2D eigenvalue weighted by Crippen LogP contribution is -2.18. The molecule has 3 aromatic rings. The monoisotopic (exact) mass is 376 g/mol. The molecule has 138 valence electrons. The van der Waals surface area contributed by atoms with Gasteiger partial charge in [-0.3, -0.25) is 14.6 Å². The summed E-state index contributed by atoms with van der Waals surface area (Å²) in [7, 11) is 0. The molecule has 0 spiro atoms. The molecule has 0 aliphatic carbocycles. The number of carbonyl (C=O) groups is 2. The van der Waals surface area contributed by atoms with Crippen LogP contribution in [0.4, 0.5) is 24.5 Å². The Morgan fingerprint density at radius 3 is 2.48 bits per heavy atom. The average molecular weight is 376 g/mol. The number of amides is 2. The number of nitrogens with zero attached hydrogens (tertiary/aromatic N) is 2. The van der Waals surface area contributed by atoms with Gasteiger partial charge in [-0.2, -0.15) is 13.2 Å². The highest BCUT2D eigenvalue weighted by atomic mass is 19.4. The molecule has 2 N–H and O–H groups in total. The van der Waals surface area contributed by atoms with Gasteiger partial charge < -0.3 is 15.1 Å². The Kier molecular flexibility index (Phi) is 4.88. The second kappa shape index (κ2) is 7.28. The van der Waals surface area contributed by atoms with Crippen molar-refractivity contribution in [2.75, 3.05) is 10.6 Å². The summed E-state index contributed by atoms with van der Waals surface area (Å²) in [4.78, 5) is 31.4. The lowest BCUT2D eigenvalue weighted by molar-refractivity contribution is -0.136. The van der Waals surface area contributed by atoms with E-state index in [1.807, 2.05) is 0 Å². The Morgan fingerprint density at radius 2 is 1.85 bits per heavy atom. The standard InChI is InChI=1S/C17H11F3N4O3/c18-17(19,20)12-7-11(23-15(25)10-3-6-27-9-10)1-2-13(12)24-16(26)14-8-21-4-5-22-14/h1-9H,(H,23,25)(H,24,26). The van der Waals surface area contributed by atoms with Crippen molar-refractivity contribution in [2.24, 2.45) is 0 Å². The fourth-order valence-corrected chi connectivity index (χ4v) is 2.17. The van der Waals surface area contributed by atoms with E-state index in [1.165, 1.54) is 30.8 Å². The Hall–Kier alpha value is -3.69. The first kappa shape index (κ1) is 18.1. The second-order valence-electron chi connectivity index (χ2n) is 5.27. The molecule has 0 bridgehead atoms. The lowest BCUT2D eigenvalue weighted by Gasteiger charge is -2.15. The molecule has 10 heteroatoms. The van der Waals surface area contributed by atoms with Crippen LogP contribution in [-0.2, 0) is 6.18 Å². The third kappa shape index (κ3) is 4.29. The largest absolute Gasteiger partial charge is 0.472 e. The van der Waals surface area contributed by atoms with E-state index < -0.39 is 29.2 Å². The van der Waals surface area contributed by atoms with E-state index in [1.54, 1.807) is 0 Å². The third-order valence-corrected chi connectivity index (χ3v) is 3.41. The van der Waals surface area contributed by atoms with Crippen molar-refractivity contribution in [3.63, 3.8) is 0 Å². The van der Waals surface area contributed by atoms with Crippen molar-refractivity contribution in [3.8, 4) is 0 Å². The van der Waals surface area contributed by atoms with E-state index in [9.17, 15) is 22.8 Å². The molecule has 0 aliphatic heterocycles. The fourth-order valence-electron chi connectivity index (χ4n) is 2.17. The van der Waals surface area contributed by atoms with Gasteiger partial charge in [-0.25, -0.2) is 4.98 Å². The van der Waals surface area contributed by atoms with E-state index in [0.717, 1.165) is 24.6 Å². The summed E-state index contributed by atoms with van der Waals surface area (Å²) in [6.45, 7) is 0. The number of aromatic nitrogens is 2. The zero-order valence-corrected chi connectivity index (χ0v) is 13.4. The zero-order chi connectivity index (χ0) is 19.4. The van der Waals surface area contributed by atoms with Gasteiger partial charge in [0, 0.05) is 18.1 Å². The molecular formula is C17H11F3N4O3. The summed E-state index contributed by atoms with van der Waals surface area (Å²) < 4.78 is 44.9. The maximum Gasteiger partial charge on any atom is 0.418 e. The Balaban J connectivity index is 1.86.